The fourth-order valence-corrected chi connectivity index (χ4v) is 2.39. The summed E-state index contributed by atoms with van der Waals surface area (Å²) in [6.45, 7) is 8.82. The average molecular weight is 237 g/mol. The van der Waals surface area contributed by atoms with Crippen LogP contribution in [-0.4, -0.2) is 16.5 Å². The molecule has 0 spiro atoms. The van der Waals surface area contributed by atoms with Gasteiger partial charge in [0, 0.05) is 16.5 Å². The van der Waals surface area contributed by atoms with Crippen LogP contribution < -0.4 is 5.73 Å². The third kappa shape index (κ3) is 5.57. The van der Waals surface area contributed by atoms with Gasteiger partial charge >= 0.3 is 0 Å². The van der Waals surface area contributed by atoms with Crippen molar-refractivity contribution in [3.63, 3.8) is 0 Å². The molecule has 0 radical (unpaired) electrons. The number of hydrogen-bond acceptors (Lipinski definition) is 2. The van der Waals surface area contributed by atoms with Crippen LogP contribution in [0.2, 0.25) is 0 Å². The van der Waals surface area contributed by atoms with Crippen molar-refractivity contribution in [1.82, 2.24) is 0 Å². The van der Waals surface area contributed by atoms with E-state index in [0.29, 0.717) is 4.75 Å². The van der Waals surface area contributed by atoms with E-state index >= 15 is 0 Å². The van der Waals surface area contributed by atoms with Gasteiger partial charge in [-0.05, 0) is 18.9 Å². The first-order valence-electron chi connectivity index (χ1n) is 5.82. The number of benzene rings is 1. The highest BCUT2D eigenvalue weighted by Gasteiger charge is 2.13. The van der Waals surface area contributed by atoms with Crippen molar-refractivity contribution in [2.75, 3.05) is 5.75 Å². The molecule has 2 heteroatoms. The second-order valence-electron chi connectivity index (χ2n) is 5.38. The molecule has 0 heterocycles. The van der Waals surface area contributed by atoms with E-state index in [0.717, 1.165) is 12.2 Å². The summed E-state index contributed by atoms with van der Waals surface area (Å²) in [5, 5.41) is 0. The molecule has 0 aliphatic rings. The third-order valence-corrected chi connectivity index (χ3v) is 3.77. The van der Waals surface area contributed by atoms with Gasteiger partial charge in [-0.3, -0.25) is 0 Å². The smallest absolute Gasteiger partial charge is 0.0171 e. The number of aryl methyl sites for hydroxylation is 1. The Kier molecular flexibility index (Phi) is 4.88. The van der Waals surface area contributed by atoms with Gasteiger partial charge in [-0.1, -0.05) is 50.6 Å². The van der Waals surface area contributed by atoms with Crippen LogP contribution in [0.3, 0.4) is 0 Å². The Morgan fingerprint density at radius 3 is 2.56 bits per heavy atom. The van der Waals surface area contributed by atoms with E-state index in [2.05, 4.69) is 52.0 Å². The molecule has 0 saturated carbocycles. The van der Waals surface area contributed by atoms with Crippen molar-refractivity contribution in [3.05, 3.63) is 35.4 Å². The molecule has 1 unspecified atom stereocenters. The van der Waals surface area contributed by atoms with Crippen LogP contribution in [0, 0.1) is 6.92 Å². The average Bonchev–Trinajstić information content (AvgIpc) is 2.14. The normalized spacial score (nSPS) is 13.8. The van der Waals surface area contributed by atoms with Crippen molar-refractivity contribution in [2.45, 2.75) is 44.9 Å². The molecule has 0 aliphatic heterocycles. The van der Waals surface area contributed by atoms with Gasteiger partial charge in [-0.25, -0.2) is 0 Å². The van der Waals surface area contributed by atoms with Crippen LogP contribution >= 0.6 is 11.8 Å². The molecule has 16 heavy (non-hydrogen) atoms. The Labute approximate surface area is 104 Å². The minimum atomic E-state index is 0.256. The molecule has 0 saturated heterocycles. The quantitative estimate of drug-likeness (QED) is 0.868. The van der Waals surface area contributed by atoms with Gasteiger partial charge in [-0.2, -0.15) is 11.8 Å². The summed E-state index contributed by atoms with van der Waals surface area (Å²) in [5.74, 6) is 1.03. The molecule has 2 N–H and O–H groups in total. The van der Waals surface area contributed by atoms with Gasteiger partial charge in [-0.15, -0.1) is 0 Å². The summed E-state index contributed by atoms with van der Waals surface area (Å²) < 4.78 is 0.310. The standard InChI is InChI=1S/C14H23NS/c1-11-6-5-7-12(8-11)9-13(15)10-16-14(2,3)4/h5-8,13H,9-10,15H2,1-4H3. The molecule has 0 aliphatic carbocycles. The molecule has 1 atom stereocenters. The lowest BCUT2D eigenvalue weighted by molar-refractivity contribution is 0.733. The van der Waals surface area contributed by atoms with Gasteiger partial charge in [0.1, 0.15) is 0 Å². The summed E-state index contributed by atoms with van der Waals surface area (Å²) in [5.41, 5.74) is 8.80. The van der Waals surface area contributed by atoms with Crippen molar-refractivity contribution >= 4 is 11.8 Å². The summed E-state index contributed by atoms with van der Waals surface area (Å²) >= 11 is 1.94. The van der Waals surface area contributed by atoms with Crippen molar-refractivity contribution in [3.8, 4) is 0 Å². The minimum Gasteiger partial charge on any atom is -0.327 e. The van der Waals surface area contributed by atoms with Crippen LogP contribution in [-0.2, 0) is 6.42 Å². The zero-order chi connectivity index (χ0) is 12.2. The van der Waals surface area contributed by atoms with Crippen LogP contribution in [0.4, 0.5) is 0 Å². The monoisotopic (exact) mass is 237 g/mol. The van der Waals surface area contributed by atoms with E-state index in [-0.39, 0.29) is 6.04 Å². The van der Waals surface area contributed by atoms with E-state index in [4.69, 9.17) is 5.73 Å². The Morgan fingerprint density at radius 2 is 2.00 bits per heavy atom. The fourth-order valence-electron chi connectivity index (χ4n) is 1.56. The zero-order valence-corrected chi connectivity index (χ0v) is 11.6. The molecule has 0 amide bonds. The second kappa shape index (κ2) is 5.74. The molecular formula is C14H23NS. The van der Waals surface area contributed by atoms with E-state index in [9.17, 15) is 0 Å². The first-order chi connectivity index (χ1) is 7.37. The predicted octanol–water partition coefficient (Wildman–Crippen LogP) is 3.40. The summed E-state index contributed by atoms with van der Waals surface area (Å²) in [4.78, 5) is 0. The molecule has 90 valence electrons. The Hall–Kier alpha value is -0.470. The summed E-state index contributed by atoms with van der Waals surface area (Å²) in [7, 11) is 0. The van der Waals surface area contributed by atoms with Crippen LogP contribution in [0.5, 0.6) is 0 Å². The van der Waals surface area contributed by atoms with E-state index in [1.54, 1.807) is 0 Å². The summed E-state index contributed by atoms with van der Waals surface area (Å²) in [6.07, 6.45) is 0.977. The molecule has 0 aromatic heterocycles. The van der Waals surface area contributed by atoms with Crippen molar-refractivity contribution in [1.29, 1.82) is 0 Å². The molecular weight excluding hydrogens is 214 g/mol. The van der Waals surface area contributed by atoms with Crippen molar-refractivity contribution in [2.24, 2.45) is 5.73 Å². The number of nitrogens with two attached hydrogens (primary N) is 1. The lowest BCUT2D eigenvalue weighted by atomic mass is 10.1. The Balaban J connectivity index is 2.43. The third-order valence-electron chi connectivity index (χ3n) is 2.31. The van der Waals surface area contributed by atoms with Gasteiger partial charge in [0.25, 0.3) is 0 Å². The summed E-state index contributed by atoms with van der Waals surface area (Å²) in [6, 6.07) is 8.87. The number of rotatable bonds is 4. The van der Waals surface area contributed by atoms with E-state index in [1.807, 2.05) is 11.8 Å². The van der Waals surface area contributed by atoms with Crippen LogP contribution in [0.1, 0.15) is 31.9 Å². The second-order valence-corrected chi connectivity index (χ2v) is 7.22. The minimum absolute atomic E-state index is 0.256. The highest BCUT2D eigenvalue weighted by Crippen LogP contribution is 2.24. The zero-order valence-electron chi connectivity index (χ0n) is 10.8. The Bertz CT molecular complexity index is 328. The maximum absolute atomic E-state index is 6.14. The van der Waals surface area contributed by atoms with Crippen LogP contribution in [0.15, 0.2) is 24.3 Å². The first kappa shape index (κ1) is 13.6. The van der Waals surface area contributed by atoms with Crippen molar-refractivity contribution < 1.29 is 0 Å². The SMILES string of the molecule is Cc1cccc(CC(N)CSC(C)(C)C)c1. The van der Waals surface area contributed by atoms with Gasteiger partial charge in [0.15, 0.2) is 0 Å². The number of hydrogen-bond donors (Lipinski definition) is 1. The van der Waals surface area contributed by atoms with Gasteiger partial charge in [0.2, 0.25) is 0 Å². The molecule has 1 rings (SSSR count). The van der Waals surface area contributed by atoms with Gasteiger partial charge in [0.05, 0.1) is 0 Å². The predicted molar refractivity (Wildman–Crippen MR) is 75.1 cm³/mol. The molecule has 1 aromatic carbocycles. The van der Waals surface area contributed by atoms with Gasteiger partial charge < -0.3 is 5.73 Å². The van der Waals surface area contributed by atoms with E-state index < -0.39 is 0 Å². The Morgan fingerprint density at radius 1 is 1.31 bits per heavy atom. The topological polar surface area (TPSA) is 26.0 Å². The molecule has 1 nitrogen and oxygen atoms in total. The lowest BCUT2D eigenvalue weighted by Crippen LogP contribution is -2.27. The largest absolute Gasteiger partial charge is 0.327 e. The molecule has 0 bridgehead atoms. The maximum Gasteiger partial charge on any atom is 0.0171 e. The lowest BCUT2D eigenvalue weighted by Gasteiger charge is -2.20. The molecule has 1 aromatic rings. The fraction of sp³-hybridized carbons (Fsp3) is 0.571. The molecule has 0 fully saturated rings. The highest BCUT2D eigenvalue weighted by molar-refractivity contribution is 8.00. The highest BCUT2D eigenvalue weighted by atomic mass is 32.2. The maximum atomic E-state index is 6.14. The van der Waals surface area contributed by atoms with Crippen LogP contribution in [0.25, 0.3) is 0 Å². The number of thioether (sulfide) groups is 1. The van der Waals surface area contributed by atoms with E-state index in [1.165, 1.54) is 11.1 Å². The first-order valence-corrected chi connectivity index (χ1v) is 6.80.